The Morgan fingerprint density at radius 2 is 2.16 bits per heavy atom. The second kappa shape index (κ2) is 6.06. The molecule has 1 aliphatic heterocycles. The summed E-state index contributed by atoms with van der Waals surface area (Å²) in [4.78, 5) is 13.9. The van der Waals surface area contributed by atoms with E-state index in [0.29, 0.717) is 18.5 Å². The smallest absolute Gasteiger partial charge is 0.224 e. The van der Waals surface area contributed by atoms with Crippen molar-refractivity contribution in [1.29, 1.82) is 0 Å². The molecule has 1 saturated heterocycles. The summed E-state index contributed by atoms with van der Waals surface area (Å²) in [6.45, 7) is 3.30. The third kappa shape index (κ3) is 3.47. The van der Waals surface area contributed by atoms with Gasteiger partial charge in [-0.25, -0.2) is 0 Å². The van der Waals surface area contributed by atoms with Gasteiger partial charge in [0.1, 0.15) is 0 Å². The monoisotopic (exact) mass is 261 g/mol. The standard InChI is InChI=1S/C15H23N3O/c1-11-8-13(10-18(11)3)17-14-7-5-4-6-12(14)9-15(19)16-2/h4-7,11,13,17H,8-10H2,1-3H3,(H,16,19). The molecule has 1 aliphatic rings. The van der Waals surface area contributed by atoms with Crippen molar-refractivity contribution < 1.29 is 4.79 Å². The van der Waals surface area contributed by atoms with Crippen LogP contribution in [0.15, 0.2) is 24.3 Å². The maximum Gasteiger partial charge on any atom is 0.224 e. The van der Waals surface area contributed by atoms with Crippen LogP contribution in [0.4, 0.5) is 5.69 Å². The van der Waals surface area contributed by atoms with Gasteiger partial charge >= 0.3 is 0 Å². The first-order valence-corrected chi connectivity index (χ1v) is 6.85. The van der Waals surface area contributed by atoms with Crippen molar-refractivity contribution in [2.45, 2.75) is 31.8 Å². The second-order valence-corrected chi connectivity index (χ2v) is 5.37. The zero-order valence-electron chi connectivity index (χ0n) is 11.9. The molecule has 0 aromatic heterocycles. The van der Waals surface area contributed by atoms with Crippen LogP contribution in [0.2, 0.25) is 0 Å². The second-order valence-electron chi connectivity index (χ2n) is 5.37. The van der Waals surface area contributed by atoms with Gasteiger partial charge in [-0.1, -0.05) is 18.2 Å². The molecule has 1 amide bonds. The molecule has 19 heavy (non-hydrogen) atoms. The molecule has 1 aromatic rings. The highest BCUT2D eigenvalue weighted by molar-refractivity contribution is 5.80. The van der Waals surface area contributed by atoms with E-state index in [-0.39, 0.29) is 5.91 Å². The Kier molecular flexibility index (Phi) is 4.43. The summed E-state index contributed by atoms with van der Waals surface area (Å²) in [6, 6.07) is 9.14. The number of hydrogen-bond donors (Lipinski definition) is 2. The van der Waals surface area contributed by atoms with Crippen LogP contribution in [0.1, 0.15) is 18.9 Å². The van der Waals surface area contributed by atoms with E-state index in [1.54, 1.807) is 7.05 Å². The third-order valence-corrected chi connectivity index (χ3v) is 3.89. The molecule has 2 rings (SSSR count). The maximum absolute atomic E-state index is 11.5. The zero-order chi connectivity index (χ0) is 13.8. The fraction of sp³-hybridized carbons (Fsp3) is 0.533. The van der Waals surface area contributed by atoms with Crippen LogP contribution in [-0.4, -0.2) is 43.5 Å². The molecule has 4 nitrogen and oxygen atoms in total. The molecule has 2 atom stereocenters. The highest BCUT2D eigenvalue weighted by atomic mass is 16.1. The average Bonchev–Trinajstić information content (AvgIpc) is 2.70. The van der Waals surface area contributed by atoms with Gasteiger partial charge in [0.05, 0.1) is 6.42 Å². The number of nitrogens with one attached hydrogen (secondary N) is 2. The quantitative estimate of drug-likeness (QED) is 0.863. The average molecular weight is 261 g/mol. The van der Waals surface area contributed by atoms with E-state index < -0.39 is 0 Å². The minimum Gasteiger partial charge on any atom is -0.381 e. The number of likely N-dealkylation sites (N-methyl/N-ethyl adjacent to an activating group) is 2. The third-order valence-electron chi connectivity index (χ3n) is 3.89. The molecule has 0 aliphatic carbocycles. The van der Waals surface area contributed by atoms with Crippen molar-refractivity contribution in [3.63, 3.8) is 0 Å². The van der Waals surface area contributed by atoms with Crippen molar-refractivity contribution in [2.24, 2.45) is 0 Å². The molecule has 0 radical (unpaired) electrons. The predicted octanol–water partition coefficient (Wildman–Crippen LogP) is 1.48. The lowest BCUT2D eigenvalue weighted by atomic mass is 10.1. The van der Waals surface area contributed by atoms with Gasteiger partial charge in [-0.15, -0.1) is 0 Å². The van der Waals surface area contributed by atoms with Crippen molar-refractivity contribution in [1.82, 2.24) is 10.2 Å². The van der Waals surface area contributed by atoms with Gasteiger partial charge in [0.2, 0.25) is 5.91 Å². The molecule has 0 bridgehead atoms. The Bertz CT molecular complexity index is 437. The van der Waals surface area contributed by atoms with Crippen LogP contribution in [0.5, 0.6) is 0 Å². The highest BCUT2D eigenvalue weighted by Gasteiger charge is 2.26. The van der Waals surface area contributed by atoms with E-state index in [9.17, 15) is 4.79 Å². The number of carbonyl (C=O) groups excluding carboxylic acids is 1. The molecule has 1 heterocycles. The largest absolute Gasteiger partial charge is 0.381 e. The molecule has 1 fully saturated rings. The first-order chi connectivity index (χ1) is 9.10. The molecular formula is C15H23N3O. The van der Waals surface area contributed by atoms with Gasteiger partial charge in [-0.3, -0.25) is 4.79 Å². The zero-order valence-corrected chi connectivity index (χ0v) is 11.9. The minimum atomic E-state index is 0.0474. The van der Waals surface area contributed by atoms with E-state index in [0.717, 1.165) is 24.2 Å². The molecule has 4 heteroatoms. The number of anilines is 1. The van der Waals surface area contributed by atoms with Gasteiger partial charge < -0.3 is 15.5 Å². The normalized spacial score (nSPS) is 23.3. The van der Waals surface area contributed by atoms with E-state index in [4.69, 9.17) is 0 Å². The highest BCUT2D eigenvalue weighted by Crippen LogP contribution is 2.22. The van der Waals surface area contributed by atoms with Crippen molar-refractivity contribution in [2.75, 3.05) is 26.0 Å². The molecule has 2 N–H and O–H groups in total. The van der Waals surface area contributed by atoms with Gasteiger partial charge in [-0.05, 0) is 32.0 Å². The van der Waals surface area contributed by atoms with Crippen LogP contribution in [0, 0.1) is 0 Å². The SMILES string of the molecule is CNC(=O)Cc1ccccc1NC1CC(C)N(C)C1. The fourth-order valence-electron chi connectivity index (χ4n) is 2.59. The molecule has 0 spiro atoms. The van der Waals surface area contributed by atoms with Crippen molar-refractivity contribution >= 4 is 11.6 Å². The van der Waals surface area contributed by atoms with Crippen LogP contribution in [0.25, 0.3) is 0 Å². The van der Waals surface area contributed by atoms with Crippen LogP contribution in [0.3, 0.4) is 0 Å². The Morgan fingerprint density at radius 3 is 2.79 bits per heavy atom. The van der Waals surface area contributed by atoms with Gasteiger partial charge in [0.15, 0.2) is 0 Å². The Labute approximate surface area is 115 Å². The van der Waals surface area contributed by atoms with Gasteiger partial charge in [0.25, 0.3) is 0 Å². The minimum absolute atomic E-state index is 0.0474. The number of rotatable bonds is 4. The summed E-state index contributed by atoms with van der Waals surface area (Å²) in [7, 11) is 3.83. The first kappa shape index (κ1) is 13.9. The Morgan fingerprint density at radius 1 is 1.42 bits per heavy atom. The summed E-state index contributed by atoms with van der Waals surface area (Å²) in [5.41, 5.74) is 2.14. The van der Waals surface area contributed by atoms with Crippen LogP contribution in [-0.2, 0) is 11.2 Å². The van der Waals surface area contributed by atoms with Crippen LogP contribution < -0.4 is 10.6 Å². The summed E-state index contributed by atoms with van der Waals surface area (Å²) in [6.07, 6.45) is 1.57. The number of hydrogen-bond acceptors (Lipinski definition) is 3. The summed E-state index contributed by atoms with van der Waals surface area (Å²) < 4.78 is 0. The van der Waals surface area contributed by atoms with E-state index in [1.807, 2.05) is 18.2 Å². The Hall–Kier alpha value is -1.55. The summed E-state index contributed by atoms with van der Waals surface area (Å²) >= 11 is 0. The lowest BCUT2D eigenvalue weighted by Gasteiger charge is -2.17. The summed E-state index contributed by atoms with van der Waals surface area (Å²) in [5, 5.41) is 6.25. The van der Waals surface area contributed by atoms with Gasteiger partial charge in [0, 0.05) is 31.4 Å². The summed E-state index contributed by atoms with van der Waals surface area (Å²) in [5.74, 6) is 0.0474. The fourth-order valence-corrected chi connectivity index (χ4v) is 2.59. The molecule has 104 valence electrons. The van der Waals surface area contributed by atoms with Gasteiger partial charge in [-0.2, -0.15) is 0 Å². The number of likely N-dealkylation sites (tertiary alicyclic amines) is 1. The van der Waals surface area contributed by atoms with E-state index in [2.05, 4.69) is 35.6 Å². The number of benzene rings is 1. The van der Waals surface area contributed by atoms with Crippen molar-refractivity contribution in [3.05, 3.63) is 29.8 Å². The topological polar surface area (TPSA) is 44.4 Å². The molecule has 2 unspecified atom stereocenters. The van der Waals surface area contributed by atoms with E-state index in [1.165, 1.54) is 0 Å². The lowest BCUT2D eigenvalue weighted by molar-refractivity contribution is -0.119. The Balaban J connectivity index is 2.06. The molecular weight excluding hydrogens is 238 g/mol. The first-order valence-electron chi connectivity index (χ1n) is 6.85. The number of carbonyl (C=O) groups is 1. The number of nitrogens with zero attached hydrogens (tertiary/aromatic N) is 1. The van der Waals surface area contributed by atoms with E-state index >= 15 is 0 Å². The maximum atomic E-state index is 11.5. The van der Waals surface area contributed by atoms with Crippen molar-refractivity contribution in [3.8, 4) is 0 Å². The molecule has 0 saturated carbocycles. The number of amides is 1. The van der Waals surface area contributed by atoms with Crippen LogP contribution >= 0.6 is 0 Å². The predicted molar refractivity (Wildman–Crippen MR) is 78.3 cm³/mol. The lowest BCUT2D eigenvalue weighted by Crippen LogP contribution is -2.26. The number of para-hydroxylation sites is 1. The molecule has 1 aromatic carbocycles.